The number of carboxylic acid groups (broad SMARTS) is 1. The summed E-state index contributed by atoms with van der Waals surface area (Å²) in [5.41, 5.74) is 0.431. The lowest BCUT2D eigenvalue weighted by Crippen LogP contribution is -2.50. The van der Waals surface area contributed by atoms with E-state index in [2.05, 4.69) is 27.4 Å². The maximum absolute atomic E-state index is 14.6. The number of carbonyl (C=O) groups is 1. The van der Waals surface area contributed by atoms with Gasteiger partial charge in [0.1, 0.15) is 11.6 Å². The zero-order chi connectivity index (χ0) is 23.3. The zero-order valence-electron chi connectivity index (χ0n) is 18.7. The van der Waals surface area contributed by atoms with Crippen LogP contribution in [0, 0.1) is 11.2 Å². The van der Waals surface area contributed by atoms with E-state index in [1.165, 1.54) is 10.4 Å². The number of piperidine rings is 1. The van der Waals surface area contributed by atoms with Gasteiger partial charge < -0.3 is 19.5 Å². The molecule has 0 N–H and O–H groups in total. The molecular weight excluding hydrogens is 459 g/mol. The first-order valence-electron chi connectivity index (χ1n) is 11.2. The van der Waals surface area contributed by atoms with Crippen molar-refractivity contribution in [2.45, 2.75) is 36.3 Å². The van der Waals surface area contributed by atoms with Crippen molar-refractivity contribution in [3.05, 3.63) is 53.3 Å². The summed E-state index contributed by atoms with van der Waals surface area (Å²) in [6.07, 6.45) is 3.91. The Labute approximate surface area is 202 Å². The fourth-order valence-electron chi connectivity index (χ4n) is 4.57. The number of fused-ring (bicyclic) bond motifs is 1. The van der Waals surface area contributed by atoms with E-state index in [9.17, 15) is 14.3 Å². The lowest BCUT2D eigenvalue weighted by molar-refractivity contribution is -0.321. The predicted molar refractivity (Wildman–Crippen MR) is 129 cm³/mol. The van der Waals surface area contributed by atoms with Crippen LogP contribution in [0.15, 0.2) is 46.1 Å². The van der Waals surface area contributed by atoms with Gasteiger partial charge in [0.15, 0.2) is 0 Å². The SMILES string of the molecule is COc1ccc2ncc(F)c(CCCC3(C(=O)[O-])CCN(CCSc4cccs4)CC3)c2c1. The minimum absolute atomic E-state index is 0.365. The van der Waals surface area contributed by atoms with Gasteiger partial charge in [-0.3, -0.25) is 4.98 Å². The molecule has 0 amide bonds. The number of benzene rings is 1. The van der Waals surface area contributed by atoms with Gasteiger partial charge in [0.2, 0.25) is 0 Å². The summed E-state index contributed by atoms with van der Waals surface area (Å²) in [5.74, 6) is 0.302. The second-order valence-corrected chi connectivity index (χ2v) is 10.9. The number of likely N-dealkylation sites (tertiary alicyclic amines) is 1. The van der Waals surface area contributed by atoms with Gasteiger partial charge in [0.25, 0.3) is 0 Å². The number of hydrogen-bond acceptors (Lipinski definition) is 7. The van der Waals surface area contributed by atoms with Gasteiger partial charge in [0.05, 0.1) is 23.0 Å². The molecule has 3 aromatic rings. The van der Waals surface area contributed by atoms with Crippen LogP contribution in [0.5, 0.6) is 5.75 Å². The molecule has 33 heavy (non-hydrogen) atoms. The first-order chi connectivity index (χ1) is 16.0. The third-order valence-corrected chi connectivity index (χ3v) is 8.72. The fraction of sp³-hybridized carbons (Fsp3) is 0.440. The third-order valence-electron chi connectivity index (χ3n) is 6.61. The smallest absolute Gasteiger partial charge is 0.145 e. The Bertz CT molecular complexity index is 1080. The first kappa shape index (κ1) is 24.0. The molecule has 0 radical (unpaired) electrons. The molecular formula is C25H28FN2O3S2-. The van der Waals surface area contributed by atoms with Crippen molar-refractivity contribution in [1.29, 1.82) is 0 Å². The van der Waals surface area contributed by atoms with Crippen molar-refractivity contribution >= 4 is 40.0 Å². The molecule has 0 bridgehead atoms. The zero-order valence-corrected chi connectivity index (χ0v) is 20.4. The Balaban J connectivity index is 1.35. The Morgan fingerprint density at radius 3 is 2.85 bits per heavy atom. The molecule has 1 saturated heterocycles. The predicted octanol–water partition coefficient (Wildman–Crippen LogP) is 4.39. The number of thioether (sulfide) groups is 1. The van der Waals surface area contributed by atoms with Gasteiger partial charge in [-0.25, -0.2) is 4.39 Å². The molecule has 3 heterocycles. The van der Waals surface area contributed by atoms with E-state index in [4.69, 9.17) is 4.74 Å². The van der Waals surface area contributed by atoms with Crippen LogP contribution in [-0.4, -0.2) is 48.4 Å². The molecule has 5 nitrogen and oxygen atoms in total. The Morgan fingerprint density at radius 2 is 2.15 bits per heavy atom. The number of carbonyl (C=O) groups excluding carboxylic acids is 1. The van der Waals surface area contributed by atoms with Crippen molar-refractivity contribution in [2.24, 2.45) is 5.41 Å². The van der Waals surface area contributed by atoms with Crippen LogP contribution in [0.25, 0.3) is 10.9 Å². The lowest BCUT2D eigenvalue weighted by Gasteiger charge is -2.42. The number of hydrogen-bond donors (Lipinski definition) is 0. The number of thiophene rings is 1. The standard InChI is InChI=1S/C25H29FN2O3S2/c1-31-18-6-7-22-20(16-18)19(21(26)17-27-22)4-2-8-25(24(29)30)9-11-28(12-10-25)13-15-33-23-5-3-14-32-23/h3,5-7,14,16-17H,2,4,8-13,15H2,1H3,(H,29,30)/p-1. The van der Waals surface area contributed by atoms with Crippen molar-refractivity contribution in [1.82, 2.24) is 9.88 Å². The van der Waals surface area contributed by atoms with E-state index in [-0.39, 0.29) is 5.82 Å². The Hall–Kier alpha value is -2.16. The maximum Gasteiger partial charge on any atom is 0.145 e. The highest BCUT2D eigenvalue weighted by molar-refractivity contribution is 8.01. The minimum Gasteiger partial charge on any atom is -0.550 e. The van der Waals surface area contributed by atoms with Gasteiger partial charge in [-0.1, -0.05) is 6.07 Å². The van der Waals surface area contributed by atoms with Gasteiger partial charge in [-0.05, 0) is 80.4 Å². The maximum atomic E-state index is 14.6. The molecule has 1 aromatic carbocycles. The van der Waals surface area contributed by atoms with Crippen molar-refractivity contribution < 1.29 is 19.0 Å². The Morgan fingerprint density at radius 1 is 1.33 bits per heavy atom. The molecule has 1 fully saturated rings. The van der Waals surface area contributed by atoms with Crippen molar-refractivity contribution in [3.8, 4) is 5.75 Å². The van der Waals surface area contributed by atoms with Crippen LogP contribution in [0.4, 0.5) is 4.39 Å². The second-order valence-electron chi connectivity index (χ2n) is 8.51. The van der Waals surface area contributed by atoms with Gasteiger partial charge in [-0.2, -0.15) is 0 Å². The fourth-order valence-corrected chi connectivity index (χ4v) is 6.43. The number of pyridine rings is 1. The number of aromatic nitrogens is 1. The molecule has 1 aliphatic rings. The van der Waals surface area contributed by atoms with E-state index in [1.807, 2.05) is 17.8 Å². The number of aliphatic carboxylic acids is 1. The normalized spacial score (nSPS) is 16.2. The number of rotatable bonds is 10. The first-order valence-corrected chi connectivity index (χ1v) is 13.1. The molecule has 176 valence electrons. The number of methoxy groups -OCH3 is 1. The van der Waals surface area contributed by atoms with Gasteiger partial charge >= 0.3 is 0 Å². The van der Waals surface area contributed by atoms with Crippen LogP contribution in [0.1, 0.15) is 31.2 Å². The van der Waals surface area contributed by atoms with Crippen molar-refractivity contribution in [3.63, 3.8) is 0 Å². The highest BCUT2D eigenvalue weighted by Gasteiger charge is 2.35. The summed E-state index contributed by atoms with van der Waals surface area (Å²) in [5, 5.41) is 14.9. The quantitative estimate of drug-likeness (QED) is 0.395. The molecule has 0 spiro atoms. The van der Waals surface area contributed by atoms with Gasteiger partial charge in [0, 0.05) is 29.1 Å². The van der Waals surface area contributed by atoms with Crippen LogP contribution in [0.2, 0.25) is 0 Å². The molecule has 0 aliphatic carbocycles. The van der Waals surface area contributed by atoms with E-state index in [0.29, 0.717) is 48.9 Å². The topological polar surface area (TPSA) is 65.5 Å². The van der Waals surface area contributed by atoms with E-state index in [1.54, 1.807) is 30.6 Å². The molecule has 8 heteroatoms. The number of aryl methyl sites for hydroxylation is 1. The molecule has 0 atom stereocenters. The highest BCUT2D eigenvalue weighted by atomic mass is 32.2. The summed E-state index contributed by atoms with van der Waals surface area (Å²) < 4.78 is 21.2. The largest absolute Gasteiger partial charge is 0.550 e. The van der Waals surface area contributed by atoms with E-state index < -0.39 is 11.4 Å². The third kappa shape index (κ3) is 5.67. The average Bonchev–Trinajstić information content (AvgIpc) is 3.34. The number of carboxylic acids is 1. The van der Waals surface area contributed by atoms with Crippen LogP contribution in [0.3, 0.4) is 0 Å². The summed E-state index contributed by atoms with van der Waals surface area (Å²) in [6, 6.07) is 9.58. The minimum atomic E-state index is -0.975. The second kappa shape index (κ2) is 10.8. The number of nitrogens with zero attached hydrogens (tertiary/aromatic N) is 2. The van der Waals surface area contributed by atoms with Crippen LogP contribution < -0.4 is 9.84 Å². The van der Waals surface area contributed by atoms with E-state index >= 15 is 0 Å². The van der Waals surface area contributed by atoms with E-state index in [0.717, 1.165) is 30.8 Å². The summed E-state index contributed by atoms with van der Waals surface area (Å²) in [4.78, 5) is 18.6. The lowest BCUT2D eigenvalue weighted by atomic mass is 9.74. The van der Waals surface area contributed by atoms with Crippen molar-refractivity contribution in [2.75, 3.05) is 32.5 Å². The summed E-state index contributed by atoms with van der Waals surface area (Å²) >= 11 is 3.59. The monoisotopic (exact) mass is 487 g/mol. The van der Waals surface area contributed by atoms with Crippen LogP contribution in [-0.2, 0) is 11.2 Å². The molecule has 1 aliphatic heterocycles. The Kier molecular flexibility index (Phi) is 7.88. The molecule has 2 aromatic heterocycles. The number of ether oxygens (including phenoxy) is 1. The molecule has 0 saturated carbocycles. The highest BCUT2D eigenvalue weighted by Crippen LogP contribution is 2.37. The number of halogens is 1. The van der Waals surface area contributed by atoms with Crippen LogP contribution >= 0.6 is 23.1 Å². The summed E-state index contributed by atoms with van der Waals surface area (Å²) in [6.45, 7) is 2.45. The molecule has 4 rings (SSSR count). The molecule has 0 unspecified atom stereocenters. The summed E-state index contributed by atoms with van der Waals surface area (Å²) in [7, 11) is 1.57. The van der Waals surface area contributed by atoms with Gasteiger partial charge in [-0.15, -0.1) is 23.1 Å². The average molecular weight is 488 g/mol.